The molecule has 0 unspecified atom stereocenters. The van der Waals surface area contributed by atoms with Gasteiger partial charge in [-0.3, -0.25) is 0 Å². The summed E-state index contributed by atoms with van der Waals surface area (Å²) < 4.78 is 39.6. The highest BCUT2D eigenvalue weighted by Gasteiger charge is 2.27. The van der Waals surface area contributed by atoms with Crippen LogP contribution in [0.25, 0.3) is 0 Å². The number of hydrogen-bond donors (Lipinski definition) is 3. The van der Waals surface area contributed by atoms with Gasteiger partial charge in [-0.05, 0) is 17.7 Å². The SMILES string of the molecule is NCc1cccc(NC(=O)NCCOCC(F)(F)F)c1. The van der Waals surface area contributed by atoms with Crippen LogP contribution in [0.15, 0.2) is 24.3 Å². The number of ether oxygens (including phenoxy) is 1. The Balaban J connectivity index is 2.23. The molecule has 0 heterocycles. The molecule has 0 atom stereocenters. The molecule has 2 amide bonds. The first-order chi connectivity index (χ1) is 9.40. The van der Waals surface area contributed by atoms with Crippen molar-refractivity contribution in [1.29, 1.82) is 0 Å². The van der Waals surface area contributed by atoms with Crippen molar-refractivity contribution in [2.24, 2.45) is 5.73 Å². The van der Waals surface area contributed by atoms with Crippen LogP contribution in [0, 0.1) is 0 Å². The number of anilines is 1. The number of hydrogen-bond acceptors (Lipinski definition) is 3. The molecule has 5 nitrogen and oxygen atoms in total. The highest BCUT2D eigenvalue weighted by Crippen LogP contribution is 2.14. The zero-order chi connectivity index (χ0) is 15.0. The number of nitrogens with two attached hydrogens (primary N) is 1. The first-order valence-corrected chi connectivity index (χ1v) is 5.89. The molecule has 0 aliphatic heterocycles. The summed E-state index contributed by atoms with van der Waals surface area (Å²) in [6.45, 7) is -1.20. The molecule has 8 heteroatoms. The Labute approximate surface area is 114 Å². The van der Waals surface area contributed by atoms with Gasteiger partial charge in [0.2, 0.25) is 0 Å². The summed E-state index contributed by atoms with van der Waals surface area (Å²) in [4.78, 5) is 11.4. The first-order valence-electron chi connectivity index (χ1n) is 5.89. The van der Waals surface area contributed by atoms with Crippen LogP contribution in [0.2, 0.25) is 0 Å². The van der Waals surface area contributed by atoms with Crippen molar-refractivity contribution in [1.82, 2.24) is 5.32 Å². The van der Waals surface area contributed by atoms with Gasteiger partial charge >= 0.3 is 12.2 Å². The fourth-order valence-electron chi connectivity index (χ4n) is 1.38. The minimum Gasteiger partial charge on any atom is -0.370 e. The van der Waals surface area contributed by atoms with Crippen molar-refractivity contribution in [3.8, 4) is 0 Å². The van der Waals surface area contributed by atoms with E-state index in [1.54, 1.807) is 18.2 Å². The van der Waals surface area contributed by atoms with E-state index in [0.717, 1.165) is 5.56 Å². The van der Waals surface area contributed by atoms with Crippen molar-refractivity contribution in [3.63, 3.8) is 0 Å². The molecule has 4 N–H and O–H groups in total. The van der Waals surface area contributed by atoms with Crippen molar-refractivity contribution in [3.05, 3.63) is 29.8 Å². The predicted molar refractivity (Wildman–Crippen MR) is 68.2 cm³/mol. The molecule has 0 radical (unpaired) electrons. The van der Waals surface area contributed by atoms with E-state index in [9.17, 15) is 18.0 Å². The molecule has 0 spiro atoms. The van der Waals surface area contributed by atoms with Gasteiger partial charge < -0.3 is 21.1 Å². The largest absolute Gasteiger partial charge is 0.411 e. The molecule has 1 rings (SSSR count). The Morgan fingerprint density at radius 2 is 2.10 bits per heavy atom. The van der Waals surface area contributed by atoms with Gasteiger partial charge in [0.1, 0.15) is 6.61 Å². The van der Waals surface area contributed by atoms with E-state index in [2.05, 4.69) is 15.4 Å². The first kappa shape index (κ1) is 16.3. The Hall–Kier alpha value is -1.80. The number of urea groups is 1. The highest BCUT2D eigenvalue weighted by molar-refractivity contribution is 5.89. The molecule has 0 aromatic heterocycles. The van der Waals surface area contributed by atoms with E-state index in [1.165, 1.54) is 0 Å². The third-order valence-corrected chi connectivity index (χ3v) is 2.22. The van der Waals surface area contributed by atoms with Gasteiger partial charge in [-0.2, -0.15) is 13.2 Å². The second kappa shape index (κ2) is 7.71. The molecular weight excluding hydrogens is 275 g/mol. The van der Waals surface area contributed by atoms with E-state index in [0.29, 0.717) is 12.2 Å². The summed E-state index contributed by atoms with van der Waals surface area (Å²) in [5.74, 6) is 0. The topological polar surface area (TPSA) is 76.4 Å². The predicted octanol–water partition coefficient (Wildman–Crippen LogP) is 1.85. The number of alkyl halides is 3. The van der Waals surface area contributed by atoms with Crippen LogP contribution < -0.4 is 16.4 Å². The zero-order valence-electron chi connectivity index (χ0n) is 10.7. The summed E-state index contributed by atoms with van der Waals surface area (Å²) in [5, 5.41) is 4.92. The number of carbonyl (C=O) groups excluding carboxylic acids is 1. The molecular formula is C12H16F3N3O2. The van der Waals surface area contributed by atoms with Gasteiger partial charge in [-0.1, -0.05) is 12.1 Å². The van der Waals surface area contributed by atoms with Crippen molar-refractivity contribution in [2.45, 2.75) is 12.7 Å². The third-order valence-electron chi connectivity index (χ3n) is 2.22. The lowest BCUT2D eigenvalue weighted by molar-refractivity contribution is -0.173. The van der Waals surface area contributed by atoms with Crippen LogP contribution in [-0.4, -0.2) is 32.0 Å². The molecule has 20 heavy (non-hydrogen) atoms. The molecule has 0 aliphatic carbocycles. The second-order valence-electron chi connectivity index (χ2n) is 3.95. The van der Waals surface area contributed by atoms with Gasteiger partial charge in [-0.15, -0.1) is 0 Å². The lowest BCUT2D eigenvalue weighted by Crippen LogP contribution is -2.32. The zero-order valence-corrected chi connectivity index (χ0v) is 10.7. The van der Waals surface area contributed by atoms with Crippen LogP contribution in [0.1, 0.15) is 5.56 Å². The van der Waals surface area contributed by atoms with Crippen LogP contribution in [0.3, 0.4) is 0 Å². The van der Waals surface area contributed by atoms with E-state index >= 15 is 0 Å². The maximum atomic E-state index is 11.8. The fraction of sp³-hybridized carbons (Fsp3) is 0.417. The lowest BCUT2D eigenvalue weighted by Gasteiger charge is -2.10. The highest BCUT2D eigenvalue weighted by atomic mass is 19.4. The molecule has 1 aromatic rings. The van der Waals surface area contributed by atoms with Gasteiger partial charge in [0.15, 0.2) is 0 Å². The maximum absolute atomic E-state index is 11.8. The number of nitrogens with one attached hydrogen (secondary N) is 2. The lowest BCUT2D eigenvalue weighted by atomic mass is 10.2. The summed E-state index contributed by atoms with van der Waals surface area (Å²) in [5.41, 5.74) is 6.88. The Morgan fingerprint density at radius 3 is 2.75 bits per heavy atom. The molecule has 0 saturated carbocycles. The summed E-state index contributed by atoms with van der Waals surface area (Å²) in [7, 11) is 0. The molecule has 0 aliphatic rings. The minimum absolute atomic E-state index is 0.0154. The van der Waals surface area contributed by atoms with Crippen molar-refractivity contribution >= 4 is 11.7 Å². The van der Waals surface area contributed by atoms with Gasteiger partial charge in [0, 0.05) is 18.8 Å². The molecule has 0 saturated heterocycles. The van der Waals surface area contributed by atoms with Crippen LogP contribution in [0.4, 0.5) is 23.7 Å². The minimum atomic E-state index is -4.36. The van der Waals surface area contributed by atoms with Crippen molar-refractivity contribution < 1.29 is 22.7 Å². The van der Waals surface area contributed by atoms with E-state index < -0.39 is 18.8 Å². The van der Waals surface area contributed by atoms with Crippen LogP contribution in [-0.2, 0) is 11.3 Å². The number of carbonyl (C=O) groups is 1. The normalized spacial score (nSPS) is 11.2. The quantitative estimate of drug-likeness (QED) is 0.700. The Morgan fingerprint density at radius 1 is 1.35 bits per heavy atom. The number of halogens is 3. The van der Waals surface area contributed by atoms with Crippen molar-refractivity contribution in [2.75, 3.05) is 25.1 Å². The number of amides is 2. The van der Waals surface area contributed by atoms with Gasteiger partial charge in [-0.25, -0.2) is 4.79 Å². The number of rotatable bonds is 6. The summed E-state index contributed by atoms with van der Waals surface area (Å²) in [6, 6.07) is 6.42. The Kier molecular flexibility index (Phi) is 6.26. The maximum Gasteiger partial charge on any atom is 0.411 e. The van der Waals surface area contributed by atoms with E-state index in [1.807, 2.05) is 6.07 Å². The smallest absolute Gasteiger partial charge is 0.370 e. The molecule has 112 valence electrons. The van der Waals surface area contributed by atoms with Gasteiger partial charge in [0.25, 0.3) is 0 Å². The van der Waals surface area contributed by atoms with Crippen LogP contribution >= 0.6 is 0 Å². The average Bonchev–Trinajstić information content (AvgIpc) is 2.37. The summed E-state index contributed by atoms with van der Waals surface area (Å²) >= 11 is 0. The van der Waals surface area contributed by atoms with E-state index in [-0.39, 0.29) is 13.2 Å². The van der Waals surface area contributed by atoms with E-state index in [4.69, 9.17) is 5.73 Å². The molecule has 0 bridgehead atoms. The summed E-state index contributed by atoms with van der Waals surface area (Å²) in [6.07, 6.45) is -4.36. The fourth-order valence-corrected chi connectivity index (χ4v) is 1.38. The Bertz CT molecular complexity index is 438. The van der Waals surface area contributed by atoms with Gasteiger partial charge in [0.05, 0.1) is 6.61 Å². The van der Waals surface area contributed by atoms with Crippen LogP contribution in [0.5, 0.6) is 0 Å². The standard InChI is InChI=1S/C12H16F3N3O2/c13-12(14,15)8-20-5-4-17-11(19)18-10-3-1-2-9(6-10)7-16/h1-3,6H,4-5,7-8,16H2,(H2,17,18,19). The second-order valence-corrected chi connectivity index (χ2v) is 3.95. The third kappa shape index (κ3) is 6.95. The average molecular weight is 291 g/mol. The molecule has 1 aromatic carbocycles. The number of benzene rings is 1. The monoisotopic (exact) mass is 291 g/mol. The molecule has 0 fully saturated rings.